The second-order valence-corrected chi connectivity index (χ2v) is 7.20. The Kier molecular flexibility index (Phi) is 5.85. The molecular weight excluding hydrogens is 390 g/mol. The van der Waals surface area contributed by atoms with Crippen molar-refractivity contribution in [1.29, 1.82) is 0 Å². The molecular formula is C22H25NO7. The van der Waals surface area contributed by atoms with Crippen molar-refractivity contribution in [1.82, 2.24) is 5.32 Å². The molecule has 4 rings (SSSR count). The van der Waals surface area contributed by atoms with Crippen molar-refractivity contribution in [3.8, 4) is 28.7 Å². The number of amides is 1. The Morgan fingerprint density at radius 1 is 1.03 bits per heavy atom. The maximum Gasteiger partial charge on any atom is 0.265 e. The molecule has 0 aromatic heterocycles. The predicted molar refractivity (Wildman–Crippen MR) is 107 cm³/mol. The predicted octanol–water partition coefficient (Wildman–Crippen LogP) is 1.93. The maximum atomic E-state index is 12.7. The second-order valence-electron chi connectivity index (χ2n) is 7.20. The van der Waals surface area contributed by atoms with Gasteiger partial charge in [0.15, 0.2) is 23.0 Å². The molecule has 0 unspecified atom stereocenters. The maximum absolute atomic E-state index is 12.7. The third-order valence-corrected chi connectivity index (χ3v) is 5.34. The molecule has 1 aliphatic carbocycles. The van der Waals surface area contributed by atoms with Crippen LogP contribution < -0.4 is 29.0 Å². The highest BCUT2D eigenvalue weighted by atomic mass is 16.6. The molecule has 2 aliphatic rings. The largest absolute Gasteiger partial charge is 0.493 e. The first-order valence-corrected chi connectivity index (χ1v) is 9.85. The van der Waals surface area contributed by atoms with Crippen molar-refractivity contribution in [3.63, 3.8) is 0 Å². The van der Waals surface area contributed by atoms with Crippen molar-refractivity contribution in [2.45, 2.75) is 37.2 Å². The highest BCUT2D eigenvalue weighted by molar-refractivity contribution is 5.82. The number of benzene rings is 2. The molecule has 0 radical (unpaired) electrons. The van der Waals surface area contributed by atoms with Crippen LogP contribution in [0, 0.1) is 0 Å². The van der Waals surface area contributed by atoms with Crippen molar-refractivity contribution < 1.29 is 33.6 Å². The van der Waals surface area contributed by atoms with Crippen LogP contribution in [-0.2, 0) is 4.79 Å². The molecule has 4 atom stereocenters. The number of aliphatic hydroxyl groups excluding tert-OH is 1. The number of hydrogen-bond acceptors (Lipinski definition) is 7. The highest BCUT2D eigenvalue weighted by Gasteiger charge is 2.40. The molecule has 0 saturated heterocycles. The fraction of sp³-hybridized carbons (Fsp3) is 0.409. The van der Waals surface area contributed by atoms with Gasteiger partial charge in [0.1, 0.15) is 18.8 Å². The molecule has 0 spiro atoms. The van der Waals surface area contributed by atoms with E-state index in [9.17, 15) is 9.90 Å². The van der Waals surface area contributed by atoms with Gasteiger partial charge >= 0.3 is 0 Å². The molecule has 1 fully saturated rings. The van der Waals surface area contributed by atoms with Gasteiger partial charge in [0.2, 0.25) is 11.9 Å². The summed E-state index contributed by atoms with van der Waals surface area (Å²) >= 11 is 0. The number of ether oxygens (including phenoxy) is 5. The fourth-order valence-electron chi connectivity index (χ4n) is 3.74. The van der Waals surface area contributed by atoms with E-state index in [-0.39, 0.29) is 12.5 Å². The van der Waals surface area contributed by atoms with Gasteiger partial charge in [0, 0.05) is 0 Å². The van der Waals surface area contributed by atoms with E-state index in [4.69, 9.17) is 23.7 Å². The lowest BCUT2D eigenvalue weighted by Gasteiger charge is -2.28. The number of carbonyl (C=O) groups is 1. The van der Waals surface area contributed by atoms with Crippen LogP contribution >= 0.6 is 0 Å². The number of para-hydroxylation sites is 3. The van der Waals surface area contributed by atoms with Crippen LogP contribution in [0.2, 0.25) is 0 Å². The van der Waals surface area contributed by atoms with Crippen LogP contribution in [0.3, 0.4) is 0 Å². The lowest BCUT2D eigenvalue weighted by molar-refractivity contribution is -0.132. The minimum atomic E-state index is -0.889. The number of methoxy groups -OCH3 is 2. The summed E-state index contributed by atoms with van der Waals surface area (Å²) in [5, 5.41) is 13.6. The van der Waals surface area contributed by atoms with E-state index in [1.165, 1.54) is 0 Å². The van der Waals surface area contributed by atoms with Crippen molar-refractivity contribution in [2.75, 3.05) is 20.8 Å². The average Bonchev–Trinajstić information content (AvgIpc) is 3.12. The summed E-state index contributed by atoms with van der Waals surface area (Å²) in [6.07, 6.45) is -1.04. The molecule has 8 nitrogen and oxygen atoms in total. The molecule has 2 N–H and O–H groups in total. The number of hydrogen-bond donors (Lipinski definition) is 2. The summed E-state index contributed by atoms with van der Waals surface area (Å²) in [5.74, 6) is 2.27. The van der Waals surface area contributed by atoms with E-state index >= 15 is 0 Å². The normalized spacial score (nSPS) is 24.8. The van der Waals surface area contributed by atoms with Crippen molar-refractivity contribution in [3.05, 3.63) is 42.5 Å². The molecule has 1 amide bonds. The Morgan fingerprint density at radius 3 is 2.43 bits per heavy atom. The topological polar surface area (TPSA) is 95.5 Å². The number of fused-ring (bicyclic) bond motifs is 1. The smallest absolute Gasteiger partial charge is 0.265 e. The van der Waals surface area contributed by atoms with E-state index in [0.29, 0.717) is 41.6 Å². The van der Waals surface area contributed by atoms with Gasteiger partial charge in [-0.2, -0.15) is 0 Å². The number of carbonyl (C=O) groups excluding carboxylic acids is 1. The summed E-state index contributed by atoms with van der Waals surface area (Å²) in [6.45, 7) is 0.115. The molecule has 160 valence electrons. The van der Waals surface area contributed by atoms with E-state index in [2.05, 4.69) is 5.32 Å². The zero-order valence-electron chi connectivity index (χ0n) is 16.9. The second kappa shape index (κ2) is 8.71. The Balaban J connectivity index is 1.38. The van der Waals surface area contributed by atoms with Crippen LogP contribution in [0.4, 0.5) is 0 Å². The fourth-order valence-corrected chi connectivity index (χ4v) is 3.74. The minimum Gasteiger partial charge on any atom is -0.493 e. The quantitative estimate of drug-likeness (QED) is 0.744. The van der Waals surface area contributed by atoms with Gasteiger partial charge in [-0.1, -0.05) is 18.2 Å². The van der Waals surface area contributed by atoms with E-state index in [1.54, 1.807) is 44.6 Å². The van der Waals surface area contributed by atoms with Gasteiger partial charge in [-0.05, 0) is 37.1 Å². The average molecular weight is 415 g/mol. The monoisotopic (exact) mass is 415 g/mol. The van der Waals surface area contributed by atoms with Gasteiger partial charge in [-0.25, -0.2) is 0 Å². The lowest BCUT2D eigenvalue weighted by atomic mass is 10.2. The third kappa shape index (κ3) is 3.95. The molecule has 2 aromatic carbocycles. The molecule has 2 aromatic rings. The SMILES string of the molecule is COc1cccc(OC)c1O[C@@H]1CC[C@@H](NC(=O)[C@@H]2COc3ccccc3O2)[C@H]1O. The van der Waals surface area contributed by atoms with Crippen LogP contribution in [0.5, 0.6) is 28.7 Å². The number of aliphatic hydroxyl groups is 1. The molecule has 1 saturated carbocycles. The summed E-state index contributed by atoms with van der Waals surface area (Å²) in [5.41, 5.74) is 0. The van der Waals surface area contributed by atoms with Crippen LogP contribution in [-0.4, -0.2) is 56.2 Å². The molecule has 30 heavy (non-hydrogen) atoms. The van der Waals surface area contributed by atoms with Gasteiger partial charge in [0.25, 0.3) is 5.91 Å². The third-order valence-electron chi connectivity index (χ3n) is 5.34. The van der Waals surface area contributed by atoms with E-state index < -0.39 is 24.4 Å². The minimum absolute atomic E-state index is 0.115. The zero-order valence-corrected chi connectivity index (χ0v) is 16.9. The lowest BCUT2D eigenvalue weighted by Crippen LogP contribution is -2.51. The van der Waals surface area contributed by atoms with Crippen LogP contribution in [0.1, 0.15) is 12.8 Å². The summed E-state index contributed by atoms with van der Waals surface area (Å²) in [6, 6.07) is 12.1. The Labute approximate surface area is 174 Å². The first-order valence-electron chi connectivity index (χ1n) is 9.85. The van der Waals surface area contributed by atoms with Crippen LogP contribution in [0.15, 0.2) is 42.5 Å². The van der Waals surface area contributed by atoms with Crippen molar-refractivity contribution >= 4 is 5.91 Å². The first kappa shape index (κ1) is 20.2. The van der Waals surface area contributed by atoms with Gasteiger partial charge in [-0.3, -0.25) is 4.79 Å². The Morgan fingerprint density at radius 2 is 1.73 bits per heavy atom. The Hall–Kier alpha value is -3.13. The first-order chi connectivity index (χ1) is 14.6. The van der Waals surface area contributed by atoms with E-state index in [0.717, 1.165) is 0 Å². The standard InChI is InChI=1S/C22H25NO7/c1-26-17-8-5-9-18(27-2)21(17)30-16-11-10-13(20(16)24)23-22(25)19-12-28-14-6-3-4-7-15(14)29-19/h3-9,13,16,19-20,24H,10-12H2,1-2H3,(H,23,25)/t13-,16-,19+,20-/m1/s1. The van der Waals surface area contributed by atoms with Crippen LogP contribution in [0.25, 0.3) is 0 Å². The number of rotatable bonds is 6. The highest BCUT2D eigenvalue weighted by Crippen LogP contribution is 2.39. The Bertz CT molecular complexity index is 881. The number of nitrogens with one attached hydrogen (secondary N) is 1. The molecule has 1 heterocycles. The molecule has 0 bridgehead atoms. The van der Waals surface area contributed by atoms with Gasteiger partial charge in [-0.15, -0.1) is 0 Å². The van der Waals surface area contributed by atoms with Crippen molar-refractivity contribution in [2.24, 2.45) is 0 Å². The summed E-state index contributed by atoms with van der Waals surface area (Å²) in [7, 11) is 3.08. The summed E-state index contributed by atoms with van der Waals surface area (Å²) < 4.78 is 28.1. The molecule has 8 heteroatoms. The van der Waals surface area contributed by atoms with E-state index in [1.807, 2.05) is 12.1 Å². The summed E-state index contributed by atoms with van der Waals surface area (Å²) in [4.78, 5) is 12.7. The molecule has 1 aliphatic heterocycles. The van der Waals surface area contributed by atoms with Gasteiger partial charge in [0.05, 0.1) is 20.3 Å². The van der Waals surface area contributed by atoms with Gasteiger partial charge < -0.3 is 34.1 Å². The zero-order chi connectivity index (χ0) is 21.1.